The zero-order valence-corrected chi connectivity index (χ0v) is 13.7. The fraction of sp³-hybridized carbons (Fsp3) is 0.562. The summed E-state index contributed by atoms with van der Waals surface area (Å²) in [6, 6.07) is 4.34. The van der Waals surface area contributed by atoms with E-state index in [4.69, 9.17) is 4.52 Å². The van der Waals surface area contributed by atoms with Gasteiger partial charge in [0.25, 0.3) is 0 Å². The van der Waals surface area contributed by atoms with Crippen molar-refractivity contribution < 1.29 is 9.32 Å². The number of carbonyl (C=O) groups excluding carboxylic acids is 1. The summed E-state index contributed by atoms with van der Waals surface area (Å²) < 4.78 is 5.36. The van der Waals surface area contributed by atoms with Crippen LogP contribution < -0.4 is 5.32 Å². The second-order valence-corrected chi connectivity index (χ2v) is 7.27. The van der Waals surface area contributed by atoms with Crippen LogP contribution in [0.5, 0.6) is 0 Å². The Balaban J connectivity index is 1.30. The summed E-state index contributed by atoms with van der Waals surface area (Å²) in [7, 11) is 0. The van der Waals surface area contributed by atoms with Crippen LogP contribution in [0.2, 0.25) is 0 Å². The Morgan fingerprint density at radius 3 is 2.87 bits per heavy atom. The maximum Gasteiger partial charge on any atom is 0.317 e. The zero-order chi connectivity index (χ0) is 15.6. The Morgan fingerprint density at radius 1 is 1.30 bits per heavy atom. The minimum absolute atomic E-state index is 0.0474. The van der Waals surface area contributed by atoms with Crippen molar-refractivity contribution in [2.75, 3.05) is 13.1 Å². The van der Waals surface area contributed by atoms with Crippen LogP contribution in [0.3, 0.4) is 0 Å². The van der Waals surface area contributed by atoms with Crippen LogP contribution in [0.4, 0.5) is 4.79 Å². The van der Waals surface area contributed by atoms with Crippen LogP contribution >= 0.6 is 11.3 Å². The molecule has 1 aliphatic carbocycles. The van der Waals surface area contributed by atoms with Gasteiger partial charge in [-0.15, -0.1) is 11.3 Å². The average Bonchev–Trinajstić information content (AvgIpc) is 3.17. The Labute approximate surface area is 138 Å². The highest BCUT2D eigenvalue weighted by molar-refractivity contribution is 7.13. The second-order valence-electron chi connectivity index (χ2n) is 6.32. The van der Waals surface area contributed by atoms with Gasteiger partial charge in [0, 0.05) is 19.1 Å². The lowest BCUT2D eigenvalue weighted by molar-refractivity contribution is 0.132. The fourth-order valence-electron chi connectivity index (χ4n) is 3.22. The van der Waals surface area contributed by atoms with Crippen LogP contribution in [0, 0.1) is 0 Å². The number of likely N-dealkylation sites (tertiary alicyclic amines) is 1. The van der Waals surface area contributed by atoms with Gasteiger partial charge in [-0.25, -0.2) is 4.79 Å². The number of thiophene rings is 1. The van der Waals surface area contributed by atoms with Crippen molar-refractivity contribution in [3.05, 3.63) is 23.4 Å². The van der Waals surface area contributed by atoms with E-state index in [-0.39, 0.29) is 11.9 Å². The molecule has 1 aliphatic heterocycles. The van der Waals surface area contributed by atoms with Gasteiger partial charge in [-0.2, -0.15) is 4.98 Å². The Bertz CT molecular complexity index is 657. The van der Waals surface area contributed by atoms with Gasteiger partial charge in [-0.05, 0) is 24.3 Å². The molecule has 0 spiro atoms. The lowest BCUT2D eigenvalue weighted by atomic mass is 9.95. The molecule has 4 rings (SSSR count). The third-order valence-electron chi connectivity index (χ3n) is 4.63. The maximum atomic E-state index is 12.2. The van der Waals surface area contributed by atoms with Crippen LogP contribution in [-0.4, -0.2) is 40.2 Å². The average molecular weight is 332 g/mol. The lowest BCUT2D eigenvalue weighted by Gasteiger charge is -2.38. The predicted molar refractivity (Wildman–Crippen MR) is 87.3 cm³/mol. The number of amides is 2. The molecular weight excluding hydrogens is 312 g/mol. The second kappa shape index (κ2) is 6.31. The predicted octanol–water partition coefficient (Wildman–Crippen LogP) is 3.24. The Morgan fingerprint density at radius 2 is 2.13 bits per heavy atom. The van der Waals surface area contributed by atoms with Crippen molar-refractivity contribution in [3.63, 3.8) is 0 Å². The summed E-state index contributed by atoms with van der Waals surface area (Å²) in [5.74, 6) is 1.43. The molecule has 2 aliphatic rings. The minimum Gasteiger partial charge on any atom is -0.339 e. The topological polar surface area (TPSA) is 71.3 Å². The minimum atomic E-state index is 0.0474. The van der Waals surface area contributed by atoms with E-state index in [2.05, 4.69) is 15.5 Å². The molecule has 6 nitrogen and oxygen atoms in total. The van der Waals surface area contributed by atoms with Crippen molar-refractivity contribution in [2.24, 2.45) is 0 Å². The highest BCUT2D eigenvalue weighted by Gasteiger charge is 2.36. The van der Waals surface area contributed by atoms with Crippen molar-refractivity contribution in [2.45, 2.75) is 44.1 Å². The number of hydrogen-bond donors (Lipinski definition) is 1. The van der Waals surface area contributed by atoms with E-state index in [9.17, 15) is 4.79 Å². The number of nitrogens with one attached hydrogen (secondary N) is 1. The van der Waals surface area contributed by atoms with Gasteiger partial charge >= 0.3 is 6.03 Å². The molecule has 1 saturated heterocycles. The molecule has 1 saturated carbocycles. The van der Waals surface area contributed by atoms with E-state index in [0.29, 0.717) is 30.8 Å². The van der Waals surface area contributed by atoms with E-state index in [1.54, 1.807) is 11.3 Å². The molecular formula is C16H20N4O2S. The van der Waals surface area contributed by atoms with Gasteiger partial charge < -0.3 is 14.7 Å². The van der Waals surface area contributed by atoms with Gasteiger partial charge in [0.2, 0.25) is 11.7 Å². The monoisotopic (exact) mass is 332 g/mol. The molecule has 0 radical (unpaired) electrons. The van der Waals surface area contributed by atoms with Gasteiger partial charge in [-0.3, -0.25) is 0 Å². The molecule has 2 aromatic heterocycles. The van der Waals surface area contributed by atoms with Crippen molar-refractivity contribution in [1.29, 1.82) is 0 Å². The normalized spacial score (nSPS) is 19.6. The highest BCUT2D eigenvalue weighted by Crippen LogP contribution is 2.29. The summed E-state index contributed by atoms with van der Waals surface area (Å²) in [6.45, 7) is 1.31. The van der Waals surface area contributed by atoms with E-state index >= 15 is 0 Å². The quantitative estimate of drug-likeness (QED) is 0.936. The molecule has 2 amide bonds. The Hall–Kier alpha value is -1.89. The number of rotatable bonds is 3. The lowest BCUT2D eigenvalue weighted by Crippen LogP contribution is -2.54. The number of hydrogen-bond acceptors (Lipinski definition) is 5. The molecule has 2 fully saturated rings. The fourth-order valence-corrected chi connectivity index (χ4v) is 3.87. The van der Waals surface area contributed by atoms with Crippen LogP contribution in [0.1, 0.15) is 43.9 Å². The van der Waals surface area contributed by atoms with Crippen molar-refractivity contribution in [1.82, 2.24) is 20.4 Å². The SMILES string of the molecule is O=C(NC1CCCCC1)N1CC(c2nc(-c3cccs3)no2)C1. The molecule has 2 aromatic rings. The van der Waals surface area contributed by atoms with E-state index < -0.39 is 0 Å². The van der Waals surface area contributed by atoms with E-state index in [1.807, 2.05) is 22.4 Å². The maximum absolute atomic E-state index is 12.2. The molecule has 0 bridgehead atoms. The molecule has 0 unspecified atom stereocenters. The third kappa shape index (κ3) is 3.10. The van der Waals surface area contributed by atoms with Crippen LogP contribution in [0.25, 0.3) is 10.7 Å². The first-order chi connectivity index (χ1) is 11.3. The van der Waals surface area contributed by atoms with Crippen molar-refractivity contribution in [3.8, 4) is 10.7 Å². The van der Waals surface area contributed by atoms with Crippen LogP contribution in [-0.2, 0) is 0 Å². The summed E-state index contributed by atoms with van der Waals surface area (Å²) in [6.07, 6.45) is 5.96. The molecule has 23 heavy (non-hydrogen) atoms. The van der Waals surface area contributed by atoms with Crippen LogP contribution in [0.15, 0.2) is 22.0 Å². The summed E-state index contributed by atoms with van der Waals surface area (Å²) >= 11 is 1.59. The first-order valence-corrected chi connectivity index (χ1v) is 9.10. The molecule has 0 atom stereocenters. The first kappa shape index (κ1) is 14.7. The van der Waals surface area contributed by atoms with Crippen molar-refractivity contribution >= 4 is 17.4 Å². The number of carbonyl (C=O) groups is 1. The molecule has 0 aromatic carbocycles. The van der Waals surface area contributed by atoms with Gasteiger partial charge in [0.05, 0.1) is 10.8 Å². The number of urea groups is 1. The highest BCUT2D eigenvalue weighted by atomic mass is 32.1. The molecule has 122 valence electrons. The summed E-state index contributed by atoms with van der Waals surface area (Å²) in [5.41, 5.74) is 0. The first-order valence-electron chi connectivity index (χ1n) is 8.22. The van der Waals surface area contributed by atoms with E-state index in [1.165, 1.54) is 19.3 Å². The molecule has 3 heterocycles. The van der Waals surface area contributed by atoms with Gasteiger partial charge in [0.15, 0.2) is 0 Å². The standard InChI is InChI=1S/C16H20N4O2S/c21-16(17-12-5-2-1-3-6-12)20-9-11(10-20)15-18-14(19-22-15)13-7-4-8-23-13/h4,7-8,11-12H,1-3,5-6,9-10H2,(H,17,21). The third-order valence-corrected chi connectivity index (χ3v) is 5.50. The zero-order valence-electron chi connectivity index (χ0n) is 12.9. The summed E-state index contributed by atoms with van der Waals surface area (Å²) in [5, 5.41) is 9.16. The number of aromatic nitrogens is 2. The van der Waals surface area contributed by atoms with Gasteiger partial charge in [-0.1, -0.05) is 30.5 Å². The molecule has 7 heteroatoms. The molecule has 1 N–H and O–H groups in total. The smallest absolute Gasteiger partial charge is 0.317 e. The Kier molecular flexibility index (Phi) is 4.03. The summed E-state index contributed by atoms with van der Waals surface area (Å²) in [4.78, 5) is 19.5. The van der Waals surface area contributed by atoms with Gasteiger partial charge in [0.1, 0.15) is 0 Å². The largest absolute Gasteiger partial charge is 0.339 e. The van der Waals surface area contributed by atoms with E-state index in [0.717, 1.165) is 17.7 Å². The number of nitrogens with zero attached hydrogens (tertiary/aromatic N) is 3.